The van der Waals surface area contributed by atoms with Gasteiger partial charge in [-0.05, 0) is 46.9 Å². The number of hydrogen-bond acceptors (Lipinski definition) is 4. The number of rotatable bonds is 1. The fourth-order valence-electron chi connectivity index (χ4n) is 2.99. The van der Waals surface area contributed by atoms with Crippen LogP contribution in [-0.2, 0) is 0 Å². The number of pyridine rings is 1. The number of halogens is 2. The van der Waals surface area contributed by atoms with Gasteiger partial charge in [0.2, 0.25) is 0 Å². The summed E-state index contributed by atoms with van der Waals surface area (Å²) in [6.07, 6.45) is 0. The van der Waals surface area contributed by atoms with Gasteiger partial charge >= 0.3 is 0 Å². The smallest absolute Gasteiger partial charge is 0.180 e. The Morgan fingerprint density at radius 1 is 1.04 bits per heavy atom. The summed E-state index contributed by atoms with van der Waals surface area (Å²) < 4.78 is 0.572. The van der Waals surface area contributed by atoms with E-state index in [1.807, 2.05) is 40.8 Å². The SMILES string of the molecule is O=C1c2ccc(Cl)cc2C(=O)C1c1nc2ccccc2c(I)c1O. The van der Waals surface area contributed by atoms with E-state index in [9.17, 15) is 14.7 Å². The molecule has 1 aromatic heterocycles. The molecule has 4 nitrogen and oxygen atoms in total. The molecule has 1 unspecified atom stereocenters. The van der Waals surface area contributed by atoms with E-state index >= 15 is 0 Å². The lowest BCUT2D eigenvalue weighted by molar-refractivity contribution is 0.0886. The lowest BCUT2D eigenvalue weighted by Gasteiger charge is -2.12. The van der Waals surface area contributed by atoms with Crippen molar-refractivity contribution < 1.29 is 14.7 Å². The monoisotopic (exact) mass is 449 g/mol. The zero-order valence-corrected chi connectivity index (χ0v) is 15.0. The van der Waals surface area contributed by atoms with Crippen LogP contribution in [0.1, 0.15) is 32.3 Å². The van der Waals surface area contributed by atoms with Crippen molar-refractivity contribution in [3.05, 3.63) is 67.9 Å². The van der Waals surface area contributed by atoms with Gasteiger partial charge in [-0.1, -0.05) is 29.8 Å². The first-order valence-electron chi connectivity index (χ1n) is 7.14. The van der Waals surface area contributed by atoms with Crippen molar-refractivity contribution in [1.29, 1.82) is 0 Å². The topological polar surface area (TPSA) is 67.3 Å². The third-order valence-electron chi connectivity index (χ3n) is 4.14. The first-order chi connectivity index (χ1) is 11.5. The van der Waals surface area contributed by atoms with Crippen LogP contribution in [0.4, 0.5) is 0 Å². The van der Waals surface area contributed by atoms with Crippen LogP contribution in [0, 0.1) is 3.57 Å². The summed E-state index contributed by atoms with van der Waals surface area (Å²) in [5.74, 6) is -2.00. The Kier molecular flexibility index (Phi) is 3.58. The van der Waals surface area contributed by atoms with E-state index in [0.29, 0.717) is 19.7 Å². The van der Waals surface area contributed by atoms with Gasteiger partial charge in [-0.25, -0.2) is 4.98 Å². The van der Waals surface area contributed by atoms with Crippen molar-refractivity contribution in [3.63, 3.8) is 0 Å². The fraction of sp³-hybridized carbons (Fsp3) is 0.0556. The van der Waals surface area contributed by atoms with Gasteiger partial charge < -0.3 is 5.11 Å². The molecule has 0 radical (unpaired) electrons. The Labute approximate surface area is 155 Å². The van der Waals surface area contributed by atoms with Crippen LogP contribution < -0.4 is 0 Å². The lowest BCUT2D eigenvalue weighted by Crippen LogP contribution is -2.15. The van der Waals surface area contributed by atoms with Crippen molar-refractivity contribution >= 4 is 56.7 Å². The Morgan fingerprint density at radius 3 is 2.54 bits per heavy atom. The summed E-state index contributed by atoms with van der Waals surface area (Å²) in [6.45, 7) is 0. The number of aromatic hydroxyl groups is 1. The average molecular weight is 450 g/mol. The maximum Gasteiger partial charge on any atom is 0.180 e. The summed E-state index contributed by atoms with van der Waals surface area (Å²) in [7, 11) is 0. The number of hydrogen-bond donors (Lipinski definition) is 1. The van der Waals surface area contributed by atoms with E-state index in [-0.39, 0.29) is 28.6 Å². The van der Waals surface area contributed by atoms with Gasteiger partial charge in [-0.3, -0.25) is 9.59 Å². The predicted molar refractivity (Wildman–Crippen MR) is 99.0 cm³/mol. The van der Waals surface area contributed by atoms with Crippen LogP contribution in [0.5, 0.6) is 5.75 Å². The Balaban J connectivity index is 1.95. The standard InChI is InChI=1S/C18H9ClINO3/c19-8-5-6-9-11(7-8)17(23)13(16(9)22)15-18(24)14(20)10-3-1-2-4-12(10)21-15/h1-7,13,24H. The molecule has 2 aromatic carbocycles. The summed E-state index contributed by atoms with van der Waals surface area (Å²) in [4.78, 5) is 29.8. The zero-order chi connectivity index (χ0) is 17.0. The molecule has 1 heterocycles. The molecule has 24 heavy (non-hydrogen) atoms. The van der Waals surface area contributed by atoms with Gasteiger partial charge in [0.15, 0.2) is 17.3 Å². The number of fused-ring (bicyclic) bond motifs is 2. The number of carbonyl (C=O) groups is 2. The normalized spacial score (nSPS) is 16.7. The number of para-hydroxylation sites is 1. The molecule has 1 atom stereocenters. The first-order valence-corrected chi connectivity index (χ1v) is 8.60. The van der Waals surface area contributed by atoms with Crippen LogP contribution in [-0.4, -0.2) is 21.7 Å². The summed E-state index contributed by atoms with van der Waals surface area (Å²) >= 11 is 7.94. The Morgan fingerprint density at radius 2 is 1.75 bits per heavy atom. The van der Waals surface area contributed by atoms with E-state index in [0.717, 1.165) is 5.39 Å². The number of nitrogens with zero attached hydrogens (tertiary/aromatic N) is 1. The molecule has 0 saturated carbocycles. The number of carbonyl (C=O) groups excluding carboxylic acids is 2. The Bertz CT molecular complexity index is 1050. The minimum atomic E-state index is -1.13. The highest BCUT2D eigenvalue weighted by Gasteiger charge is 2.42. The minimum absolute atomic E-state index is 0.0976. The molecule has 0 amide bonds. The van der Waals surface area contributed by atoms with Crippen molar-refractivity contribution in [3.8, 4) is 5.75 Å². The second-order valence-corrected chi connectivity index (χ2v) is 7.04. The van der Waals surface area contributed by atoms with Crippen LogP contribution >= 0.6 is 34.2 Å². The van der Waals surface area contributed by atoms with Crippen LogP contribution in [0.2, 0.25) is 5.02 Å². The molecular formula is C18H9ClINO3. The van der Waals surface area contributed by atoms with Crippen molar-refractivity contribution in [1.82, 2.24) is 4.98 Å². The second kappa shape index (κ2) is 5.53. The average Bonchev–Trinajstić information content (AvgIpc) is 2.82. The van der Waals surface area contributed by atoms with Crippen molar-refractivity contribution in [2.45, 2.75) is 5.92 Å². The third-order valence-corrected chi connectivity index (χ3v) is 5.47. The second-order valence-electron chi connectivity index (χ2n) is 5.53. The number of ketones is 2. The highest BCUT2D eigenvalue weighted by atomic mass is 127. The van der Waals surface area contributed by atoms with E-state index in [1.165, 1.54) is 6.07 Å². The van der Waals surface area contributed by atoms with Crippen LogP contribution in [0.3, 0.4) is 0 Å². The molecule has 1 aliphatic carbocycles. The van der Waals surface area contributed by atoms with Gasteiger partial charge in [0.05, 0.1) is 9.09 Å². The first kappa shape index (κ1) is 15.5. The van der Waals surface area contributed by atoms with Gasteiger partial charge in [0.25, 0.3) is 0 Å². The molecule has 1 aliphatic rings. The van der Waals surface area contributed by atoms with Crippen LogP contribution in [0.25, 0.3) is 10.9 Å². The summed E-state index contributed by atoms with van der Waals surface area (Å²) in [6, 6.07) is 11.9. The highest BCUT2D eigenvalue weighted by molar-refractivity contribution is 14.1. The fourth-order valence-corrected chi connectivity index (χ4v) is 3.90. The van der Waals surface area contributed by atoms with Gasteiger partial charge in [0, 0.05) is 21.5 Å². The molecule has 0 spiro atoms. The molecule has 3 aromatic rings. The van der Waals surface area contributed by atoms with Gasteiger partial charge in [0.1, 0.15) is 11.6 Å². The lowest BCUT2D eigenvalue weighted by atomic mass is 9.97. The summed E-state index contributed by atoms with van der Waals surface area (Å²) in [5, 5.41) is 11.7. The molecule has 6 heteroatoms. The molecule has 4 rings (SSSR count). The summed E-state index contributed by atoms with van der Waals surface area (Å²) in [5.41, 5.74) is 1.32. The molecule has 1 N–H and O–H groups in total. The maximum atomic E-state index is 12.7. The highest BCUT2D eigenvalue weighted by Crippen LogP contribution is 2.40. The molecule has 0 saturated heterocycles. The minimum Gasteiger partial charge on any atom is -0.505 e. The maximum absolute atomic E-state index is 12.7. The van der Waals surface area contributed by atoms with Crippen LogP contribution in [0.15, 0.2) is 42.5 Å². The van der Waals surface area contributed by atoms with Gasteiger partial charge in [-0.15, -0.1) is 0 Å². The van der Waals surface area contributed by atoms with Gasteiger partial charge in [-0.2, -0.15) is 0 Å². The molecule has 0 bridgehead atoms. The predicted octanol–water partition coefficient (Wildman–Crippen LogP) is 4.36. The number of Topliss-reactive ketones (excluding diaryl/α,β-unsaturated/α-hetero) is 2. The number of benzene rings is 2. The quantitative estimate of drug-likeness (QED) is 0.443. The van der Waals surface area contributed by atoms with E-state index in [4.69, 9.17) is 11.6 Å². The van der Waals surface area contributed by atoms with Crippen molar-refractivity contribution in [2.24, 2.45) is 0 Å². The van der Waals surface area contributed by atoms with E-state index in [1.54, 1.807) is 18.2 Å². The zero-order valence-electron chi connectivity index (χ0n) is 12.1. The Hall–Kier alpha value is -1.99. The molecule has 118 valence electrons. The number of aromatic nitrogens is 1. The van der Waals surface area contributed by atoms with E-state index in [2.05, 4.69) is 4.98 Å². The molecule has 0 aliphatic heterocycles. The molecular weight excluding hydrogens is 441 g/mol. The van der Waals surface area contributed by atoms with Crippen molar-refractivity contribution in [2.75, 3.05) is 0 Å². The molecule has 0 fully saturated rings. The third kappa shape index (κ3) is 2.15. The largest absolute Gasteiger partial charge is 0.505 e. The van der Waals surface area contributed by atoms with E-state index < -0.39 is 5.92 Å².